The molecule has 12 atom stereocenters. The number of aliphatic hydroxyl groups is 8. The number of allylic oxidation sites excluding steroid dienone is 9. The molecule has 14 heteroatoms. The largest absolute Gasteiger partial charge is 0.394 e. The van der Waals surface area contributed by atoms with Gasteiger partial charge in [0.1, 0.15) is 48.8 Å². The Balaban J connectivity index is 1.93. The van der Waals surface area contributed by atoms with Crippen LogP contribution in [0.2, 0.25) is 0 Å². The van der Waals surface area contributed by atoms with E-state index in [0.29, 0.717) is 12.8 Å². The summed E-state index contributed by atoms with van der Waals surface area (Å²) >= 11 is 0. The number of hydrogen-bond acceptors (Lipinski definition) is 13. The highest BCUT2D eigenvalue weighted by Crippen LogP contribution is 2.30. The van der Waals surface area contributed by atoms with Gasteiger partial charge in [-0.15, -0.1) is 0 Å². The number of hydrogen-bond donors (Lipinski definition) is 9. The molecule has 61 heavy (non-hydrogen) atoms. The van der Waals surface area contributed by atoms with Crippen LogP contribution in [0.4, 0.5) is 0 Å². The second kappa shape index (κ2) is 34.1. The highest BCUT2D eigenvalue weighted by Gasteiger charge is 2.51. The van der Waals surface area contributed by atoms with Crippen molar-refractivity contribution in [2.75, 3.05) is 19.8 Å². The van der Waals surface area contributed by atoms with Gasteiger partial charge in [0.25, 0.3) is 0 Å². The first-order chi connectivity index (χ1) is 29.6. The van der Waals surface area contributed by atoms with Crippen LogP contribution >= 0.6 is 0 Å². The monoisotopic (exact) mass is 868 g/mol. The number of aliphatic hydroxyl groups excluding tert-OH is 8. The summed E-state index contributed by atoms with van der Waals surface area (Å²) in [6.45, 7) is 2.63. The van der Waals surface area contributed by atoms with E-state index in [1.807, 2.05) is 12.2 Å². The van der Waals surface area contributed by atoms with E-state index in [2.05, 4.69) is 61.7 Å². The van der Waals surface area contributed by atoms with Crippen molar-refractivity contribution in [3.8, 4) is 0 Å². The van der Waals surface area contributed by atoms with Crippen molar-refractivity contribution in [3.05, 3.63) is 60.8 Å². The van der Waals surface area contributed by atoms with E-state index in [1.165, 1.54) is 51.4 Å². The van der Waals surface area contributed by atoms with Gasteiger partial charge in [0, 0.05) is 6.42 Å². The Morgan fingerprint density at radius 2 is 1.07 bits per heavy atom. The Hall–Kier alpha value is -2.31. The highest BCUT2D eigenvalue weighted by atomic mass is 16.7. The molecule has 0 aromatic carbocycles. The number of ether oxygens (including phenoxy) is 4. The molecule has 12 unspecified atom stereocenters. The fourth-order valence-corrected chi connectivity index (χ4v) is 7.24. The molecule has 0 spiro atoms. The van der Waals surface area contributed by atoms with Gasteiger partial charge in [0.2, 0.25) is 5.91 Å². The minimum atomic E-state index is -1.79. The van der Waals surface area contributed by atoms with E-state index < -0.39 is 86.8 Å². The normalized spacial score (nSPS) is 28.6. The molecule has 2 saturated heterocycles. The Morgan fingerprint density at radius 3 is 1.59 bits per heavy atom. The average molecular weight is 868 g/mol. The molecule has 2 heterocycles. The first kappa shape index (κ1) is 54.8. The van der Waals surface area contributed by atoms with Crippen molar-refractivity contribution in [1.29, 1.82) is 0 Å². The standard InChI is InChI=1S/C47H81NO13/c1-3-5-7-9-11-13-15-17-18-19-21-23-25-27-29-31-39(52)48-35(36(51)30-28-26-24-22-20-16-14-12-10-8-6-4-2)34-58-46-44(57)42(55)45(38(33-50)60-46)61-47-43(56)41(54)40(53)37(32-49)59-47/h5,7,11,13,17-18,21,23,27,29,35-38,40-47,49-51,53-57H,3-4,6,8-10,12,14-16,19-20,22,24-26,28,30-34H2,1-2H3,(H,48,52)/b7-5-,13-11-,18-17-,23-21-,29-27-. The molecule has 14 nitrogen and oxygen atoms in total. The zero-order valence-corrected chi connectivity index (χ0v) is 36.9. The van der Waals surface area contributed by atoms with Gasteiger partial charge in [-0.1, -0.05) is 152 Å². The molecule has 2 aliphatic rings. The minimum Gasteiger partial charge on any atom is -0.394 e. The number of unbranched alkanes of at least 4 members (excludes halogenated alkanes) is 11. The highest BCUT2D eigenvalue weighted by molar-refractivity contribution is 5.77. The maximum Gasteiger partial charge on any atom is 0.224 e. The Labute approximate surface area is 365 Å². The smallest absolute Gasteiger partial charge is 0.224 e. The topological polar surface area (TPSA) is 228 Å². The Bertz CT molecular complexity index is 1260. The third-order valence-electron chi connectivity index (χ3n) is 11.0. The predicted octanol–water partition coefficient (Wildman–Crippen LogP) is 4.71. The van der Waals surface area contributed by atoms with Crippen molar-refractivity contribution in [2.45, 2.75) is 209 Å². The van der Waals surface area contributed by atoms with Crippen LogP contribution in [-0.4, -0.2) is 140 Å². The molecular weight excluding hydrogens is 787 g/mol. The van der Waals surface area contributed by atoms with Gasteiger partial charge in [-0.2, -0.15) is 0 Å². The lowest BCUT2D eigenvalue weighted by Crippen LogP contribution is -2.65. The number of nitrogens with one attached hydrogen (secondary N) is 1. The zero-order chi connectivity index (χ0) is 44.7. The van der Waals surface area contributed by atoms with Crippen LogP contribution in [-0.2, 0) is 23.7 Å². The first-order valence-corrected chi connectivity index (χ1v) is 23.0. The van der Waals surface area contributed by atoms with Crippen molar-refractivity contribution in [3.63, 3.8) is 0 Å². The molecule has 0 radical (unpaired) electrons. The van der Waals surface area contributed by atoms with Gasteiger partial charge in [-0.05, 0) is 38.5 Å². The molecule has 0 aromatic heterocycles. The van der Waals surface area contributed by atoms with E-state index in [4.69, 9.17) is 18.9 Å². The van der Waals surface area contributed by atoms with Crippen LogP contribution in [0.15, 0.2) is 60.8 Å². The van der Waals surface area contributed by atoms with E-state index in [-0.39, 0.29) is 18.9 Å². The summed E-state index contributed by atoms with van der Waals surface area (Å²) in [4.78, 5) is 13.1. The van der Waals surface area contributed by atoms with Crippen LogP contribution in [0.5, 0.6) is 0 Å². The third-order valence-corrected chi connectivity index (χ3v) is 11.0. The SMILES string of the molecule is CC/C=C\C/C=C\C/C=C\C/C=C\C/C=C\CC(=O)NC(COC1OC(CO)C(OC2OC(CO)C(O)C(O)C2O)C(O)C1O)C(O)CCCCCCCCCCCCCC. The van der Waals surface area contributed by atoms with Crippen LogP contribution in [0.25, 0.3) is 0 Å². The molecule has 0 saturated carbocycles. The summed E-state index contributed by atoms with van der Waals surface area (Å²) in [5.41, 5.74) is 0. The predicted molar refractivity (Wildman–Crippen MR) is 235 cm³/mol. The second-order valence-electron chi connectivity index (χ2n) is 16.2. The third kappa shape index (κ3) is 22.2. The Morgan fingerprint density at radius 1 is 0.590 bits per heavy atom. The van der Waals surface area contributed by atoms with E-state index >= 15 is 0 Å². The van der Waals surface area contributed by atoms with Gasteiger partial charge < -0.3 is 65.1 Å². The summed E-state index contributed by atoms with van der Waals surface area (Å²) in [7, 11) is 0. The van der Waals surface area contributed by atoms with Gasteiger partial charge in [0.05, 0.1) is 32.0 Å². The fourth-order valence-electron chi connectivity index (χ4n) is 7.24. The molecule has 352 valence electrons. The van der Waals surface area contributed by atoms with Gasteiger partial charge in [-0.25, -0.2) is 0 Å². The van der Waals surface area contributed by atoms with Gasteiger partial charge in [-0.3, -0.25) is 4.79 Å². The molecular formula is C47H81NO13. The molecule has 0 bridgehead atoms. The molecule has 2 fully saturated rings. The van der Waals surface area contributed by atoms with E-state index in [1.54, 1.807) is 6.08 Å². The summed E-state index contributed by atoms with van der Waals surface area (Å²) in [5, 5.41) is 86.5. The summed E-state index contributed by atoms with van der Waals surface area (Å²) in [6, 6.07) is -0.883. The molecule has 2 rings (SSSR count). The lowest BCUT2D eigenvalue weighted by Gasteiger charge is -2.46. The van der Waals surface area contributed by atoms with Crippen LogP contribution in [0.1, 0.15) is 136 Å². The molecule has 9 N–H and O–H groups in total. The number of amides is 1. The van der Waals surface area contributed by atoms with Crippen LogP contribution in [0, 0.1) is 0 Å². The van der Waals surface area contributed by atoms with Gasteiger partial charge >= 0.3 is 0 Å². The van der Waals surface area contributed by atoms with Crippen molar-refractivity contribution in [2.24, 2.45) is 0 Å². The van der Waals surface area contributed by atoms with Crippen LogP contribution < -0.4 is 5.32 Å². The van der Waals surface area contributed by atoms with E-state index in [9.17, 15) is 45.6 Å². The van der Waals surface area contributed by atoms with Gasteiger partial charge in [0.15, 0.2) is 12.6 Å². The quantitative estimate of drug-likeness (QED) is 0.0322. The van der Waals surface area contributed by atoms with Crippen molar-refractivity contribution in [1.82, 2.24) is 5.32 Å². The summed E-state index contributed by atoms with van der Waals surface area (Å²) in [6.07, 6.45) is 22.6. The van der Waals surface area contributed by atoms with Crippen molar-refractivity contribution >= 4 is 5.91 Å². The number of carbonyl (C=O) groups is 1. The molecule has 2 aliphatic heterocycles. The summed E-state index contributed by atoms with van der Waals surface area (Å²) < 4.78 is 22.6. The maximum absolute atomic E-state index is 13.1. The number of rotatable bonds is 33. The lowest BCUT2D eigenvalue weighted by molar-refractivity contribution is -0.359. The molecule has 0 aromatic rings. The number of carbonyl (C=O) groups excluding carboxylic acids is 1. The molecule has 1 amide bonds. The minimum absolute atomic E-state index is 0.0696. The van der Waals surface area contributed by atoms with Crippen LogP contribution in [0.3, 0.4) is 0 Å². The zero-order valence-electron chi connectivity index (χ0n) is 36.9. The van der Waals surface area contributed by atoms with E-state index in [0.717, 1.165) is 51.4 Å². The lowest BCUT2D eigenvalue weighted by atomic mass is 9.97. The fraction of sp³-hybridized carbons (Fsp3) is 0.766. The van der Waals surface area contributed by atoms with Crippen molar-refractivity contribution < 1.29 is 64.6 Å². The average Bonchev–Trinajstić information content (AvgIpc) is 3.26. The molecule has 0 aliphatic carbocycles. The maximum atomic E-state index is 13.1. The summed E-state index contributed by atoms with van der Waals surface area (Å²) in [5.74, 6) is -0.338. The Kier molecular flexibility index (Phi) is 30.7. The second-order valence-corrected chi connectivity index (χ2v) is 16.2. The first-order valence-electron chi connectivity index (χ1n) is 23.0.